The Balaban J connectivity index is 0.00000312. The van der Waals surface area contributed by atoms with Crippen LogP contribution in [0.15, 0.2) is 4.99 Å². The van der Waals surface area contributed by atoms with E-state index in [1.54, 1.807) is 0 Å². The van der Waals surface area contributed by atoms with Gasteiger partial charge in [-0.25, -0.2) is 0 Å². The second-order valence-electron chi connectivity index (χ2n) is 7.15. The van der Waals surface area contributed by atoms with Gasteiger partial charge in [0, 0.05) is 45.3 Å². The Hall–Kier alpha value is -0.0800. The molecule has 0 radical (unpaired) electrons. The minimum absolute atomic E-state index is 0. The zero-order valence-corrected chi connectivity index (χ0v) is 18.8. The molecule has 25 heavy (non-hydrogen) atoms. The number of ether oxygens (including phenoxy) is 1. The van der Waals surface area contributed by atoms with Gasteiger partial charge in [-0.2, -0.15) is 0 Å². The fourth-order valence-corrected chi connectivity index (χ4v) is 3.73. The molecule has 0 amide bonds. The predicted octanol–water partition coefficient (Wildman–Crippen LogP) is 3.19. The molecule has 2 atom stereocenters. The highest BCUT2D eigenvalue weighted by molar-refractivity contribution is 14.0. The fraction of sp³-hybridized carbons (Fsp3) is 0.947. The summed E-state index contributed by atoms with van der Waals surface area (Å²) in [4.78, 5) is 10.1. The lowest BCUT2D eigenvalue weighted by Gasteiger charge is -2.32. The number of hydrogen-bond acceptors (Lipinski definition) is 3. The van der Waals surface area contributed by atoms with Crippen molar-refractivity contribution in [2.24, 2.45) is 10.9 Å². The summed E-state index contributed by atoms with van der Waals surface area (Å²) in [5.41, 5.74) is 0. The molecule has 0 aromatic heterocycles. The number of halogens is 1. The molecule has 2 heterocycles. The number of likely N-dealkylation sites (tertiary alicyclic amines) is 1. The van der Waals surface area contributed by atoms with E-state index in [1.807, 2.05) is 0 Å². The Morgan fingerprint density at radius 3 is 2.60 bits per heavy atom. The van der Waals surface area contributed by atoms with Crippen LogP contribution in [0.5, 0.6) is 0 Å². The minimum Gasteiger partial charge on any atom is -0.379 e. The molecule has 0 aliphatic carbocycles. The lowest BCUT2D eigenvalue weighted by molar-refractivity contribution is 0.0195. The van der Waals surface area contributed by atoms with E-state index >= 15 is 0 Å². The summed E-state index contributed by atoms with van der Waals surface area (Å²) >= 11 is 0. The zero-order valence-electron chi connectivity index (χ0n) is 16.5. The molecular formula is C19H39IN4O. The average Bonchev–Trinajstić information content (AvgIpc) is 3.11. The maximum Gasteiger partial charge on any atom is 0.193 e. The third-order valence-electron chi connectivity index (χ3n) is 5.40. The summed E-state index contributed by atoms with van der Waals surface area (Å²) in [7, 11) is 0. The highest BCUT2D eigenvalue weighted by Gasteiger charge is 2.30. The molecular weight excluding hydrogens is 427 g/mol. The Labute approximate surface area is 172 Å². The van der Waals surface area contributed by atoms with Gasteiger partial charge in [0.25, 0.3) is 0 Å². The number of nitrogens with one attached hydrogen (secondary N) is 1. The lowest BCUT2D eigenvalue weighted by Crippen LogP contribution is -2.46. The van der Waals surface area contributed by atoms with Crippen molar-refractivity contribution in [2.45, 2.75) is 58.9 Å². The summed E-state index contributed by atoms with van der Waals surface area (Å²) in [6, 6.07) is 0.666. The van der Waals surface area contributed by atoms with Gasteiger partial charge in [0.2, 0.25) is 0 Å². The topological polar surface area (TPSA) is 40.1 Å². The summed E-state index contributed by atoms with van der Waals surface area (Å²) in [5.74, 6) is 1.86. The SMILES string of the molecule is CCCCC(CC)CN=C(NCC)N1CCC(N2CCOCC2)C1.I. The van der Waals surface area contributed by atoms with Crippen LogP contribution in [0.2, 0.25) is 0 Å². The van der Waals surface area contributed by atoms with Crippen molar-refractivity contribution in [1.82, 2.24) is 15.1 Å². The largest absolute Gasteiger partial charge is 0.379 e. The molecule has 0 spiro atoms. The first-order valence-electron chi connectivity index (χ1n) is 10.1. The van der Waals surface area contributed by atoms with Gasteiger partial charge in [-0.1, -0.05) is 33.1 Å². The maximum atomic E-state index is 5.49. The van der Waals surface area contributed by atoms with Gasteiger partial charge in [-0.3, -0.25) is 9.89 Å². The van der Waals surface area contributed by atoms with Crippen molar-refractivity contribution in [3.8, 4) is 0 Å². The van der Waals surface area contributed by atoms with Crippen LogP contribution in [0, 0.1) is 5.92 Å². The summed E-state index contributed by atoms with van der Waals surface area (Å²) in [6.45, 7) is 14.8. The first kappa shape index (κ1) is 23.0. The zero-order chi connectivity index (χ0) is 17.2. The van der Waals surface area contributed by atoms with Crippen molar-refractivity contribution in [1.29, 1.82) is 0 Å². The average molecular weight is 466 g/mol. The molecule has 2 saturated heterocycles. The monoisotopic (exact) mass is 466 g/mol. The van der Waals surface area contributed by atoms with E-state index < -0.39 is 0 Å². The van der Waals surface area contributed by atoms with Gasteiger partial charge in [0.15, 0.2) is 5.96 Å². The molecule has 0 aromatic rings. The molecule has 1 N–H and O–H groups in total. The molecule has 148 valence electrons. The number of hydrogen-bond donors (Lipinski definition) is 1. The van der Waals surface area contributed by atoms with Crippen LogP contribution in [0.4, 0.5) is 0 Å². The van der Waals surface area contributed by atoms with Gasteiger partial charge in [0.1, 0.15) is 0 Å². The Bertz CT molecular complexity index is 374. The van der Waals surface area contributed by atoms with E-state index in [9.17, 15) is 0 Å². The van der Waals surface area contributed by atoms with Gasteiger partial charge in [-0.05, 0) is 25.7 Å². The lowest BCUT2D eigenvalue weighted by atomic mass is 10.00. The quantitative estimate of drug-likeness (QED) is 0.339. The van der Waals surface area contributed by atoms with E-state index in [4.69, 9.17) is 9.73 Å². The molecule has 0 bridgehead atoms. The number of nitrogens with zero attached hydrogens (tertiary/aromatic N) is 3. The van der Waals surface area contributed by atoms with Crippen molar-refractivity contribution < 1.29 is 4.74 Å². The van der Waals surface area contributed by atoms with Gasteiger partial charge in [0.05, 0.1) is 13.2 Å². The van der Waals surface area contributed by atoms with Crippen molar-refractivity contribution in [3.63, 3.8) is 0 Å². The number of guanidine groups is 1. The van der Waals surface area contributed by atoms with E-state index in [0.717, 1.165) is 64.4 Å². The van der Waals surface area contributed by atoms with Crippen LogP contribution in [-0.2, 0) is 4.74 Å². The van der Waals surface area contributed by atoms with E-state index in [0.29, 0.717) is 6.04 Å². The molecule has 2 fully saturated rings. The normalized spacial score (nSPS) is 23.4. The number of aliphatic imine (C=N–C) groups is 1. The molecule has 0 aromatic carbocycles. The molecule has 6 heteroatoms. The van der Waals surface area contributed by atoms with Gasteiger partial charge < -0.3 is 15.0 Å². The van der Waals surface area contributed by atoms with Gasteiger partial charge >= 0.3 is 0 Å². The molecule has 2 rings (SSSR count). The number of morpholine rings is 1. The molecule has 5 nitrogen and oxygen atoms in total. The van der Waals surface area contributed by atoms with Crippen LogP contribution < -0.4 is 5.32 Å². The smallest absolute Gasteiger partial charge is 0.193 e. The Kier molecular flexibility index (Phi) is 12.1. The Morgan fingerprint density at radius 2 is 1.96 bits per heavy atom. The van der Waals surface area contributed by atoms with Crippen molar-refractivity contribution in [3.05, 3.63) is 0 Å². The first-order chi connectivity index (χ1) is 11.8. The highest BCUT2D eigenvalue weighted by atomic mass is 127. The van der Waals surface area contributed by atoms with Crippen molar-refractivity contribution >= 4 is 29.9 Å². The van der Waals surface area contributed by atoms with E-state index in [-0.39, 0.29) is 24.0 Å². The van der Waals surface area contributed by atoms with Crippen LogP contribution >= 0.6 is 24.0 Å². The Morgan fingerprint density at radius 1 is 1.20 bits per heavy atom. The minimum atomic E-state index is 0. The third-order valence-corrected chi connectivity index (χ3v) is 5.40. The molecule has 2 aliphatic heterocycles. The first-order valence-corrected chi connectivity index (χ1v) is 10.1. The second kappa shape index (κ2) is 13.1. The number of unbranched alkanes of at least 4 members (excludes halogenated alkanes) is 1. The third kappa shape index (κ3) is 7.59. The summed E-state index contributed by atoms with van der Waals surface area (Å²) < 4.78 is 5.49. The van der Waals surface area contributed by atoms with Crippen LogP contribution in [0.25, 0.3) is 0 Å². The van der Waals surface area contributed by atoms with Crippen LogP contribution in [-0.4, -0.2) is 74.3 Å². The predicted molar refractivity (Wildman–Crippen MR) is 117 cm³/mol. The van der Waals surface area contributed by atoms with E-state index in [1.165, 1.54) is 32.1 Å². The summed E-state index contributed by atoms with van der Waals surface area (Å²) in [6.07, 6.45) is 6.41. The number of rotatable bonds is 8. The summed E-state index contributed by atoms with van der Waals surface area (Å²) in [5, 5.41) is 3.52. The van der Waals surface area contributed by atoms with Crippen molar-refractivity contribution in [2.75, 3.05) is 52.5 Å². The van der Waals surface area contributed by atoms with Gasteiger partial charge in [-0.15, -0.1) is 24.0 Å². The maximum absolute atomic E-state index is 5.49. The molecule has 2 aliphatic rings. The van der Waals surface area contributed by atoms with Crippen LogP contribution in [0.1, 0.15) is 52.9 Å². The standard InChI is InChI=1S/C19H38N4O.HI/c1-4-7-8-17(5-2)15-21-19(20-6-3)23-10-9-18(16-23)22-11-13-24-14-12-22;/h17-18H,4-16H2,1-3H3,(H,20,21);1H. The highest BCUT2D eigenvalue weighted by Crippen LogP contribution is 2.18. The second-order valence-corrected chi connectivity index (χ2v) is 7.15. The molecule has 2 unspecified atom stereocenters. The van der Waals surface area contributed by atoms with E-state index in [2.05, 4.69) is 35.9 Å². The molecule has 0 saturated carbocycles. The van der Waals surface area contributed by atoms with Crippen LogP contribution in [0.3, 0.4) is 0 Å². The fourth-order valence-electron chi connectivity index (χ4n) is 3.73.